The van der Waals surface area contributed by atoms with Crippen molar-refractivity contribution in [3.63, 3.8) is 0 Å². The second-order valence-electron chi connectivity index (χ2n) is 12.9. The molecule has 7 heteroatoms. The molecule has 7 nitrogen and oxygen atoms in total. The lowest BCUT2D eigenvalue weighted by Gasteiger charge is -2.37. The highest BCUT2D eigenvalue weighted by atomic mass is 16.5. The molecular formula is C36H46N4O3. The van der Waals surface area contributed by atoms with Gasteiger partial charge in [-0.1, -0.05) is 52.0 Å². The number of pyridine rings is 1. The molecule has 3 heterocycles. The number of carbonyl (C=O) groups is 1. The van der Waals surface area contributed by atoms with E-state index in [1.165, 1.54) is 30.4 Å². The van der Waals surface area contributed by atoms with Crippen LogP contribution in [0.5, 0.6) is 11.5 Å². The van der Waals surface area contributed by atoms with Gasteiger partial charge in [0.05, 0.1) is 6.20 Å². The van der Waals surface area contributed by atoms with E-state index in [-0.39, 0.29) is 5.56 Å². The number of carboxylic acids is 1. The third-order valence-electron chi connectivity index (χ3n) is 8.94. The molecule has 1 aliphatic heterocycles. The molecule has 2 N–H and O–H groups in total. The van der Waals surface area contributed by atoms with Crippen molar-refractivity contribution in [3.8, 4) is 11.5 Å². The third-order valence-corrected chi connectivity index (χ3v) is 8.94. The maximum absolute atomic E-state index is 11.9. The average molecular weight is 583 g/mol. The first-order chi connectivity index (χ1) is 20.7. The molecule has 1 aliphatic rings. The number of H-pyrrole nitrogens is 1. The number of piperazine rings is 1. The molecule has 43 heavy (non-hydrogen) atoms. The predicted molar refractivity (Wildman–Crippen MR) is 175 cm³/mol. The van der Waals surface area contributed by atoms with Gasteiger partial charge in [-0.05, 0) is 78.8 Å². The van der Waals surface area contributed by atoms with Crippen LogP contribution in [0.4, 0.5) is 5.69 Å². The fourth-order valence-electron chi connectivity index (χ4n) is 5.98. The van der Waals surface area contributed by atoms with E-state index in [1.807, 2.05) is 30.5 Å². The van der Waals surface area contributed by atoms with Crippen LogP contribution in [0.1, 0.15) is 68.4 Å². The maximum atomic E-state index is 11.9. The molecule has 2 aromatic carbocycles. The van der Waals surface area contributed by atoms with Gasteiger partial charge in [-0.15, -0.1) is 0 Å². The Kier molecular flexibility index (Phi) is 9.71. The van der Waals surface area contributed by atoms with Gasteiger partial charge in [-0.3, -0.25) is 4.90 Å². The van der Waals surface area contributed by atoms with E-state index >= 15 is 0 Å². The number of benzene rings is 2. The number of aromatic amines is 1. The highest BCUT2D eigenvalue weighted by Crippen LogP contribution is 2.33. The minimum Gasteiger partial charge on any atom is -0.478 e. The number of nitrogens with one attached hydrogen (secondary N) is 1. The number of aryl methyl sites for hydroxylation is 2. The summed E-state index contributed by atoms with van der Waals surface area (Å²) in [5.74, 6) is 0.484. The van der Waals surface area contributed by atoms with Crippen LogP contribution in [0.3, 0.4) is 0 Å². The number of aromatic carboxylic acids is 1. The van der Waals surface area contributed by atoms with E-state index in [2.05, 4.69) is 71.7 Å². The Morgan fingerprint density at radius 2 is 1.77 bits per heavy atom. The zero-order valence-corrected chi connectivity index (χ0v) is 26.1. The van der Waals surface area contributed by atoms with Gasteiger partial charge in [0.2, 0.25) is 0 Å². The minimum atomic E-state index is -1.01. The van der Waals surface area contributed by atoms with E-state index in [0.29, 0.717) is 22.8 Å². The zero-order chi connectivity index (χ0) is 30.4. The molecule has 1 fully saturated rings. The Morgan fingerprint density at radius 1 is 1.02 bits per heavy atom. The molecule has 2 aromatic heterocycles. The van der Waals surface area contributed by atoms with E-state index in [1.54, 1.807) is 12.3 Å². The molecule has 1 unspecified atom stereocenters. The standard InChI is InChI=1S/C36H46N4O3/c1-5-27-6-8-28(9-7-27)13-16-36(3,4)15-12-26(2)25-39-18-20-40(21-19-39)30-10-11-32(35(41)42)33(23-30)43-31-22-29-14-17-37-34(29)38-24-31/h6-11,14,17,22-24,26H,5,12-13,15-16,18-21,25H2,1-4H3,(H,37,38)(H,41,42). The molecular weight excluding hydrogens is 536 g/mol. The third kappa shape index (κ3) is 8.17. The fourth-order valence-corrected chi connectivity index (χ4v) is 5.98. The van der Waals surface area contributed by atoms with Crippen molar-refractivity contribution in [2.24, 2.45) is 11.3 Å². The first kappa shape index (κ1) is 30.6. The molecule has 0 radical (unpaired) electrons. The Labute approximate surface area is 255 Å². The summed E-state index contributed by atoms with van der Waals surface area (Å²) in [6.45, 7) is 14.3. The molecule has 4 aromatic rings. The van der Waals surface area contributed by atoms with Gasteiger partial charge in [-0.25, -0.2) is 9.78 Å². The fraction of sp³-hybridized carbons (Fsp3) is 0.444. The Morgan fingerprint density at radius 3 is 2.49 bits per heavy atom. The summed E-state index contributed by atoms with van der Waals surface area (Å²) < 4.78 is 6.07. The van der Waals surface area contributed by atoms with Gasteiger partial charge in [0, 0.05) is 56.1 Å². The van der Waals surface area contributed by atoms with Gasteiger partial charge in [0.25, 0.3) is 0 Å². The summed E-state index contributed by atoms with van der Waals surface area (Å²) in [7, 11) is 0. The lowest BCUT2D eigenvalue weighted by Crippen LogP contribution is -2.47. The van der Waals surface area contributed by atoms with Crippen LogP contribution < -0.4 is 9.64 Å². The summed E-state index contributed by atoms with van der Waals surface area (Å²) in [6, 6.07) is 18.3. The van der Waals surface area contributed by atoms with E-state index < -0.39 is 5.97 Å². The first-order valence-corrected chi connectivity index (χ1v) is 15.7. The summed E-state index contributed by atoms with van der Waals surface area (Å²) in [5, 5.41) is 10.7. The predicted octanol–water partition coefficient (Wildman–Crippen LogP) is 7.81. The van der Waals surface area contributed by atoms with Crippen LogP contribution >= 0.6 is 0 Å². The van der Waals surface area contributed by atoms with Crippen LogP contribution in [-0.2, 0) is 12.8 Å². The SMILES string of the molecule is CCc1ccc(CCC(C)(C)CCC(C)CN2CCN(c3ccc(C(=O)O)c(Oc4cnc5[nH]ccc5c4)c3)CC2)cc1. The monoisotopic (exact) mass is 582 g/mol. The Balaban J connectivity index is 1.11. The van der Waals surface area contributed by atoms with Gasteiger partial charge in [0.1, 0.15) is 22.7 Å². The summed E-state index contributed by atoms with van der Waals surface area (Å²) >= 11 is 0. The highest BCUT2D eigenvalue weighted by molar-refractivity contribution is 5.92. The van der Waals surface area contributed by atoms with Crippen molar-refractivity contribution in [1.82, 2.24) is 14.9 Å². The second kappa shape index (κ2) is 13.6. The number of aromatic nitrogens is 2. The largest absolute Gasteiger partial charge is 0.478 e. The van der Waals surface area contributed by atoms with Crippen LogP contribution in [0.2, 0.25) is 0 Å². The van der Waals surface area contributed by atoms with Gasteiger partial charge < -0.3 is 19.7 Å². The summed E-state index contributed by atoms with van der Waals surface area (Å²) in [5.41, 5.74) is 5.08. The number of anilines is 1. The van der Waals surface area contributed by atoms with Crippen molar-refractivity contribution in [1.29, 1.82) is 0 Å². The van der Waals surface area contributed by atoms with E-state index in [0.717, 1.165) is 62.3 Å². The van der Waals surface area contributed by atoms with Crippen molar-refractivity contribution < 1.29 is 14.6 Å². The lowest BCUT2D eigenvalue weighted by atomic mass is 9.80. The topological polar surface area (TPSA) is 81.7 Å². The number of ether oxygens (including phenoxy) is 1. The number of carboxylic acid groups (broad SMARTS) is 1. The number of hydrogen-bond donors (Lipinski definition) is 2. The quantitative estimate of drug-likeness (QED) is 0.167. The van der Waals surface area contributed by atoms with Crippen molar-refractivity contribution in [3.05, 3.63) is 83.7 Å². The maximum Gasteiger partial charge on any atom is 0.339 e. The zero-order valence-electron chi connectivity index (χ0n) is 26.1. The molecule has 1 atom stereocenters. The van der Waals surface area contributed by atoms with Crippen LogP contribution in [0, 0.1) is 11.3 Å². The second-order valence-corrected chi connectivity index (χ2v) is 12.9. The van der Waals surface area contributed by atoms with E-state index in [4.69, 9.17) is 4.74 Å². The average Bonchev–Trinajstić information content (AvgIpc) is 3.48. The number of hydrogen-bond acceptors (Lipinski definition) is 5. The number of fused-ring (bicyclic) bond motifs is 1. The number of rotatable bonds is 13. The molecule has 0 saturated carbocycles. The van der Waals surface area contributed by atoms with Crippen LogP contribution in [-0.4, -0.2) is 58.7 Å². The van der Waals surface area contributed by atoms with Gasteiger partial charge >= 0.3 is 5.97 Å². The normalized spacial score (nSPS) is 15.1. The molecule has 228 valence electrons. The van der Waals surface area contributed by atoms with Gasteiger partial charge in [-0.2, -0.15) is 0 Å². The van der Waals surface area contributed by atoms with Gasteiger partial charge in [0.15, 0.2) is 0 Å². The first-order valence-electron chi connectivity index (χ1n) is 15.7. The molecule has 0 aliphatic carbocycles. The van der Waals surface area contributed by atoms with E-state index in [9.17, 15) is 9.90 Å². The van der Waals surface area contributed by atoms with Crippen LogP contribution in [0.25, 0.3) is 11.0 Å². The minimum absolute atomic E-state index is 0.141. The summed E-state index contributed by atoms with van der Waals surface area (Å²) in [4.78, 5) is 24.3. The summed E-state index contributed by atoms with van der Waals surface area (Å²) in [6.07, 6.45) is 9.37. The lowest BCUT2D eigenvalue weighted by molar-refractivity contribution is 0.0694. The molecule has 0 spiro atoms. The van der Waals surface area contributed by atoms with Crippen molar-refractivity contribution in [2.45, 2.75) is 59.8 Å². The van der Waals surface area contributed by atoms with Crippen molar-refractivity contribution >= 4 is 22.7 Å². The van der Waals surface area contributed by atoms with Crippen molar-refractivity contribution in [2.75, 3.05) is 37.6 Å². The smallest absolute Gasteiger partial charge is 0.339 e. The Hall–Kier alpha value is -3.84. The number of nitrogens with zero attached hydrogens (tertiary/aromatic N) is 3. The molecule has 1 saturated heterocycles. The molecule has 0 bridgehead atoms. The molecule has 5 rings (SSSR count). The molecule has 0 amide bonds. The van der Waals surface area contributed by atoms with Crippen LogP contribution in [0.15, 0.2) is 67.0 Å². The Bertz CT molecular complexity index is 1500. The highest BCUT2D eigenvalue weighted by Gasteiger charge is 2.23.